The van der Waals surface area contributed by atoms with Gasteiger partial charge in [0.2, 0.25) is 0 Å². The minimum atomic E-state index is -1.34. The monoisotopic (exact) mass is 438 g/mol. The van der Waals surface area contributed by atoms with Gasteiger partial charge < -0.3 is 10.4 Å². The molecule has 1 aliphatic rings. The molecule has 1 unspecified atom stereocenters. The summed E-state index contributed by atoms with van der Waals surface area (Å²) in [4.78, 5) is 39.9. The van der Waals surface area contributed by atoms with Gasteiger partial charge in [0.05, 0.1) is 23.0 Å². The molecule has 2 aromatic heterocycles. The Morgan fingerprint density at radius 3 is 2.62 bits per heavy atom. The van der Waals surface area contributed by atoms with Crippen molar-refractivity contribution in [3.63, 3.8) is 0 Å². The fourth-order valence-corrected chi connectivity index (χ4v) is 3.44. The van der Waals surface area contributed by atoms with Crippen LogP contribution in [0.2, 0.25) is 0 Å². The van der Waals surface area contributed by atoms with Gasteiger partial charge in [0.15, 0.2) is 0 Å². The number of nitrogens with zero attached hydrogens (tertiary/aromatic N) is 4. The minimum absolute atomic E-state index is 0.00815. The molecule has 3 aromatic rings. The number of anilines is 1. The summed E-state index contributed by atoms with van der Waals surface area (Å²) in [7, 11) is 0. The second-order valence-electron chi connectivity index (χ2n) is 7.23. The van der Waals surface area contributed by atoms with Crippen LogP contribution in [-0.2, 0) is 12.0 Å². The standard InChI is InChI=1S/C21H16F2N6O3/c1-21(7-17-13(9-24-10-26-17)18(29-21)28-20(31)32)14-6-12(3-4-15(14)23)27-19(30)16-5-2-11(22)8-25-16/h2-6,8-10H,7H2,1H3,(H,27,30)(H,28,29)(H,31,32). The van der Waals surface area contributed by atoms with Gasteiger partial charge in [-0.15, -0.1) is 0 Å². The highest BCUT2D eigenvalue weighted by molar-refractivity contribution is 6.07. The summed E-state index contributed by atoms with van der Waals surface area (Å²) in [5.74, 6) is -1.79. The molecule has 32 heavy (non-hydrogen) atoms. The summed E-state index contributed by atoms with van der Waals surface area (Å²) in [5, 5.41) is 14.0. The first-order valence-corrected chi connectivity index (χ1v) is 9.37. The Labute approximate surface area is 180 Å². The number of nitrogens with one attached hydrogen (secondary N) is 2. The van der Waals surface area contributed by atoms with Crippen LogP contribution in [0.25, 0.3) is 0 Å². The molecule has 1 aliphatic heterocycles. The maximum absolute atomic E-state index is 14.9. The third-order valence-electron chi connectivity index (χ3n) is 4.91. The SMILES string of the molecule is CC1(c2cc(NC(=O)c3ccc(F)cn3)ccc2F)Cc2ncncc2C(NC(=O)O)=N1. The Morgan fingerprint density at radius 2 is 1.91 bits per heavy atom. The number of carbonyl (C=O) groups excluding carboxylic acids is 1. The minimum Gasteiger partial charge on any atom is -0.465 e. The van der Waals surface area contributed by atoms with E-state index in [1.165, 1.54) is 36.8 Å². The fraction of sp³-hybridized carbons (Fsp3) is 0.143. The molecule has 162 valence electrons. The Balaban J connectivity index is 1.70. The van der Waals surface area contributed by atoms with Gasteiger partial charge in [-0.2, -0.15) is 0 Å². The highest BCUT2D eigenvalue weighted by atomic mass is 19.1. The molecule has 0 bridgehead atoms. The maximum atomic E-state index is 14.9. The van der Waals surface area contributed by atoms with Crippen LogP contribution in [0.1, 0.15) is 34.2 Å². The second kappa shape index (κ2) is 8.10. The number of hydrogen-bond acceptors (Lipinski definition) is 6. The Hall–Kier alpha value is -4.28. The average molecular weight is 438 g/mol. The van der Waals surface area contributed by atoms with Crippen molar-refractivity contribution in [1.82, 2.24) is 20.3 Å². The molecule has 4 rings (SSSR count). The number of carboxylic acid groups (broad SMARTS) is 1. The first kappa shape index (κ1) is 21.0. The maximum Gasteiger partial charge on any atom is 0.410 e. The predicted octanol–water partition coefficient (Wildman–Crippen LogP) is 2.89. The molecule has 3 heterocycles. The van der Waals surface area contributed by atoms with E-state index in [1.807, 2.05) is 0 Å². The molecular weight excluding hydrogens is 422 g/mol. The largest absolute Gasteiger partial charge is 0.465 e. The summed E-state index contributed by atoms with van der Waals surface area (Å²) < 4.78 is 27.9. The number of hydrogen-bond donors (Lipinski definition) is 3. The van der Waals surface area contributed by atoms with Crippen LogP contribution in [0.3, 0.4) is 0 Å². The zero-order valence-electron chi connectivity index (χ0n) is 16.6. The quantitative estimate of drug-likeness (QED) is 0.577. The molecule has 0 aliphatic carbocycles. The van der Waals surface area contributed by atoms with Crippen LogP contribution in [0.5, 0.6) is 0 Å². The molecule has 0 fully saturated rings. The van der Waals surface area contributed by atoms with Crippen LogP contribution >= 0.6 is 0 Å². The lowest BCUT2D eigenvalue weighted by Crippen LogP contribution is -2.39. The average Bonchev–Trinajstić information content (AvgIpc) is 2.75. The molecule has 3 N–H and O–H groups in total. The molecule has 0 saturated carbocycles. The van der Waals surface area contributed by atoms with Gasteiger partial charge in [-0.05, 0) is 37.3 Å². The highest BCUT2D eigenvalue weighted by Crippen LogP contribution is 2.36. The van der Waals surface area contributed by atoms with Gasteiger partial charge in [-0.3, -0.25) is 15.1 Å². The number of aliphatic imine (C=N–C) groups is 1. The summed E-state index contributed by atoms with van der Waals surface area (Å²) in [6.45, 7) is 1.63. The van der Waals surface area contributed by atoms with Crippen molar-refractivity contribution >= 4 is 23.5 Å². The number of halogens is 2. The number of aromatic nitrogens is 3. The molecule has 1 aromatic carbocycles. The lowest BCUT2D eigenvalue weighted by Gasteiger charge is -2.32. The van der Waals surface area contributed by atoms with Crippen molar-refractivity contribution in [2.75, 3.05) is 5.32 Å². The van der Waals surface area contributed by atoms with E-state index in [0.29, 0.717) is 11.3 Å². The van der Waals surface area contributed by atoms with Gasteiger partial charge >= 0.3 is 6.09 Å². The molecule has 0 saturated heterocycles. The Bertz CT molecular complexity index is 1250. The van der Waals surface area contributed by atoms with E-state index < -0.39 is 29.2 Å². The normalized spacial score (nSPS) is 17.2. The van der Waals surface area contributed by atoms with E-state index in [1.54, 1.807) is 6.92 Å². The molecule has 0 spiro atoms. The zero-order valence-corrected chi connectivity index (χ0v) is 16.6. The summed E-state index contributed by atoms with van der Waals surface area (Å²) in [6, 6.07) is 6.27. The zero-order chi connectivity index (χ0) is 22.9. The first-order valence-electron chi connectivity index (χ1n) is 9.37. The van der Waals surface area contributed by atoms with E-state index in [2.05, 4.69) is 30.6 Å². The number of carbonyl (C=O) groups is 2. The van der Waals surface area contributed by atoms with Gasteiger partial charge in [0.25, 0.3) is 5.91 Å². The number of pyridine rings is 1. The second-order valence-corrected chi connectivity index (χ2v) is 7.23. The Morgan fingerprint density at radius 1 is 1.09 bits per heavy atom. The van der Waals surface area contributed by atoms with Crippen LogP contribution < -0.4 is 10.6 Å². The van der Waals surface area contributed by atoms with Gasteiger partial charge in [-0.25, -0.2) is 28.5 Å². The summed E-state index contributed by atoms with van der Waals surface area (Å²) >= 11 is 0. The lowest BCUT2D eigenvalue weighted by molar-refractivity contribution is 0.102. The van der Waals surface area contributed by atoms with Gasteiger partial charge in [0, 0.05) is 23.9 Å². The highest BCUT2D eigenvalue weighted by Gasteiger charge is 2.36. The molecule has 2 amide bonds. The van der Waals surface area contributed by atoms with E-state index in [0.717, 1.165) is 12.3 Å². The van der Waals surface area contributed by atoms with Crippen LogP contribution in [-0.4, -0.2) is 37.9 Å². The first-order chi connectivity index (χ1) is 15.2. The number of rotatable bonds is 3. The van der Waals surface area contributed by atoms with Gasteiger partial charge in [-0.1, -0.05) is 0 Å². The van der Waals surface area contributed by atoms with E-state index in [-0.39, 0.29) is 29.2 Å². The van der Waals surface area contributed by atoms with Crippen molar-refractivity contribution in [2.24, 2.45) is 4.99 Å². The smallest absolute Gasteiger partial charge is 0.410 e. The summed E-state index contributed by atoms with van der Waals surface area (Å²) in [6.07, 6.45) is 2.49. The van der Waals surface area contributed by atoms with Crippen molar-refractivity contribution in [1.29, 1.82) is 0 Å². The van der Waals surface area contributed by atoms with Crippen LogP contribution in [0.4, 0.5) is 19.3 Å². The molecular formula is C21H16F2N6O3. The van der Waals surface area contributed by atoms with E-state index in [9.17, 15) is 23.5 Å². The third-order valence-corrected chi connectivity index (χ3v) is 4.91. The van der Waals surface area contributed by atoms with Crippen molar-refractivity contribution in [3.05, 3.63) is 83.2 Å². The summed E-state index contributed by atoms with van der Waals surface area (Å²) in [5.41, 5.74) is 0.0346. The fourth-order valence-electron chi connectivity index (χ4n) is 3.44. The number of amidine groups is 1. The number of benzene rings is 1. The molecule has 1 atom stereocenters. The van der Waals surface area contributed by atoms with Crippen molar-refractivity contribution in [3.8, 4) is 0 Å². The predicted molar refractivity (Wildman–Crippen MR) is 109 cm³/mol. The third kappa shape index (κ3) is 4.13. The van der Waals surface area contributed by atoms with Crippen molar-refractivity contribution < 1.29 is 23.5 Å². The van der Waals surface area contributed by atoms with Crippen LogP contribution in [0, 0.1) is 11.6 Å². The number of amides is 2. The van der Waals surface area contributed by atoms with E-state index in [4.69, 9.17) is 0 Å². The van der Waals surface area contributed by atoms with Crippen LogP contribution in [0.15, 0.2) is 54.0 Å². The molecule has 0 radical (unpaired) electrons. The topological polar surface area (TPSA) is 129 Å². The molecule has 9 nitrogen and oxygen atoms in total. The van der Waals surface area contributed by atoms with Gasteiger partial charge in [0.1, 0.15) is 29.5 Å². The Kier molecular flexibility index (Phi) is 5.31. The number of fused-ring (bicyclic) bond motifs is 1. The lowest BCUT2D eigenvalue weighted by atomic mass is 9.84. The van der Waals surface area contributed by atoms with E-state index >= 15 is 0 Å². The van der Waals surface area contributed by atoms with Crippen molar-refractivity contribution in [2.45, 2.75) is 18.9 Å². The molecule has 11 heteroatoms.